The number of hydrogen-bond donors (Lipinski definition) is 1. The first kappa shape index (κ1) is 14.6. The summed E-state index contributed by atoms with van der Waals surface area (Å²) in [7, 11) is 1.71. The SMILES string of the molecule is CC(C)CNC(=O)C1CCc2ccccc2C(=O)N1C. The highest BCUT2D eigenvalue weighted by Crippen LogP contribution is 2.21. The minimum atomic E-state index is -0.381. The van der Waals surface area contributed by atoms with Gasteiger partial charge in [0.25, 0.3) is 5.91 Å². The zero-order valence-electron chi connectivity index (χ0n) is 12.3. The standard InChI is InChI=1S/C16H22N2O2/c1-11(2)10-17-15(19)14-9-8-12-6-4-5-7-13(12)16(20)18(14)3/h4-7,11,14H,8-10H2,1-3H3,(H,17,19). The zero-order valence-corrected chi connectivity index (χ0v) is 12.3. The Kier molecular flexibility index (Phi) is 4.42. The normalized spacial score (nSPS) is 18.7. The molecule has 0 spiro atoms. The summed E-state index contributed by atoms with van der Waals surface area (Å²) in [5, 5.41) is 2.92. The number of carbonyl (C=O) groups excluding carboxylic acids is 2. The van der Waals surface area contributed by atoms with Crippen LogP contribution in [0.3, 0.4) is 0 Å². The fraction of sp³-hybridized carbons (Fsp3) is 0.500. The highest BCUT2D eigenvalue weighted by atomic mass is 16.2. The molecule has 1 unspecified atom stereocenters. The summed E-state index contributed by atoms with van der Waals surface area (Å²) >= 11 is 0. The lowest BCUT2D eigenvalue weighted by Gasteiger charge is -2.25. The van der Waals surface area contributed by atoms with E-state index < -0.39 is 0 Å². The molecule has 1 aromatic rings. The number of carbonyl (C=O) groups is 2. The Morgan fingerprint density at radius 1 is 1.40 bits per heavy atom. The molecule has 0 fully saturated rings. The molecule has 0 bridgehead atoms. The lowest BCUT2D eigenvalue weighted by Crippen LogP contribution is -2.47. The molecule has 0 saturated heterocycles. The summed E-state index contributed by atoms with van der Waals surface area (Å²) in [5.74, 6) is 0.285. The lowest BCUT2D eigenvalue weighted by atomic mass is 10.0. The number of benzene rings is 1. The number of hydrogen-bond acceptors (Lipinski definition) is 2. The summed E-state index contributed by atoms with van der Waals surface area (Å²) in [5.41, 5.74) is 1.75. The van der Waals surface area contributed by atoms with Crippen LogP contribution in [0.25, 0.3) is 0 Å². The molecule has 1 aliphatic rings. The van der Waals surface area contributed by atoms with Crippen molar-refractivity contribution >= 4 is 11.8 Å². The molecule has 2 rings (SSSR count). The van der Waals surface area contributed by atoms with Crippen LogP contribution in [0, 0.1) is 5.92 Å². The van der Waals surface area contributed by atoms with Gasteiger partial charge in [0.15, 0.2) is 0 Å². The molecule has 0 aromatic heterocycles. The van der Waals surface area contributed by atoms with Gasteiger partial charge in [0.05, 0.1) is 0 Å². The van der Waals surface area contributed by atoms with Gasteiger partial charge in [-0.3, -0.25) is 9.59 Å². The van der Waals surface area contributed by atoms with E-state index in [4.69, 9.17) is 0 Å². The molecule has 2 amide bonds. The smallest absolute Gasteiger partial charge is 0.254 e. The van der Waals surface area contributed by atoms with Crippen molar-refractivity contribution in [3.05, 3.63) is 35.4 Å². The monoisotopic (exact) mass is 274 g/mol. The number of likely N-dealkylation sites (N-methyl/N-ethyl adjacent to an activating group) is 1. The van der Waals surface area contributed by atoms with Gasteiger partial charge in [0, 0.05) is 19.2 Å². The maximum atomic E-state index is 12.4. The van der Waals surface area contributed by atoms with Gasteiger partial charge < -0.3 is 10.2 Å². The number of aryl methyl sites for hydroxylation is 1. The third kappa shape index (κ3) is 3.00. The largest absolute Gasteiger partial charge is 0.354 e. The Morgan fingerprint density at radius 3 is 2.80 bits per heavy atom. The van der Waals surface area contributed by atoms with Crippen LogP contribution < -0.4 is 5.32 Å². The van der Waals surface area contributed by atoms with E-state index in [-0.39, 0.29) is 17.9 Å². The average Bonchev–Trinajstić information content (AvgIpc) is 2.55. The molecule has 0 aliphatic carbocycles. The van der Waals surface area contributed by atoms with E-state index in [1.54, 1.807) is 11.9 Å². The van der Waals surface area contributed by atoms with Crippen LogP contribution in [0.1, 0.15) is 36.2 Å². The first-order valence-corrected chi connectivity index (χ1v) is 7.13. The molecule has 1 heterocycles. The van der Waals surface area contributed by atoms with Crippen LogP contribution in [0.5, 0.6) is 0 Å². The van der Waals surface area contributed by atoms with E-state index in [9.17, 15) is 9.59 Å². The number of nitrogens with zero attached hydrogens (tertiary/aromatic N) is 1. The Hall–Kier alpha value is -1.84. The van der Waals surface area contributed by atoms with Crippen LogP contribution in [0.15, 0.2) is 24.3 Å². The van der Waals surface area contributed by atoms with Crippen LogP contribution in [0.2, 0.25) is 0 Å². The first-order valence-electron chi connectivity index (χ1n) is 7.13. The predicted molar refractivity (Wildman–Crippen MR) is 78.5 cm³/mol. The third-order valence-electron chi connectivity index (χ3n) is 3.71. The van der Waals surface area contributed by atoms with E-state index in [1.807, 2.05) is 24.3 Å². The highest BCUT2D eigenvalue weighted by Gasteiger charge is 2.31. The quantitative estimate of drug-likeness (QED) is 0.914. The van der Waals surface area contributed by atoms with Crippen LogP contribution >= 0.6 is 0 Å². The average molecular weight is 274 g/mol. The minimum absolute atomic E-state index is 0.0534. The van der Waals surface area contributed by atoms with Crippen molar-refractivity contribution in [3.8, 4) is 0 Å². The maximum absolute atomic E-state index is 12.4. The summed E-state index contributed by atoms with van der Waals surface area (Å²) in [4.78, 5) is 26.3. The van der Waals surface area contributed by atoms with Gasteiger partial charge in [-0.1, -0.05) is 32.0 Å². The van der Waals surface area contributed by atoms with E-state index in [2.05, 4.69) is 19.2 Å². The zero-order chi connectivity index (χ0) is 14.7. The summed E-state index contributed by atoms with van der Waals surface area (Å²) < 4.78 is 0. The summed E-state index contributed by atoms with van der Waals surface area (Å²) in [6.45, 7) is 4.75. The van der Waals surface area contributed by atoms with Crippen molar-refractivity contribution in [2.24, 2.45) is 5.92 Å². The second kappa shape index (κ2) is 6.07. The maximum Gasteiger partial charge on any atom is 0.254 e. The van der Waals surface area contributed by atoms with Gasteiger partial charge in [0.1, 0.15) is 6.04 Å². The second-order valence-electron chi connectivity index (χ2n) is 5.77. The number of amides is 2. The van der Waals surface area contributed by atoms with Gasteiger partial charge >= 0.3 is 0 Å². The molecule has 1 atom stereocenters. The van der Waals surface area contributed by atoms with Crippen molar-refractivity contribution in [1.82, 2.24) is 10.2 Å². The number of fused-ring (bicyclic) bond motifs is 1. The minimum Gasteiger partial charge on any atom is -0.354 e. The van der Waals surface area contributed by atoms with E-state index in [0.717, 1.165) is 12.0 Å². The van der Waals surface area contributed by atoms with Crippen LogP contribution in [-0.4, -0.2) is 36.3 Å². The van der Waals surface area contributed by atoms with Gasteiger partial charge in [-0.15, -0.1) is 0 Å². The third-order valence-corrected chi connectivity index (χ3v) is 3.71. The molecule has 0 saturated carbocycles. The van der Waals surface area contributed by atoms with E-state index in [0.29, 0.717) is 24.4 Å². The molecule has 1 N–H and O–H groups in total. The van der Waals surface area contributed by atoms with Crippen LogP contribution in [0.4, 0.5) is 0 Å². The van der Waals surface area contributed by atoms with Gasteiger partial charge in [-0.05, 0) is 30.4 Å². The fourth-order valence-corrected chi connectivity index (χ4v) is 2.49. The summed E-state index contributed by atoms with van der Waals surface area (Å²) in [6, 6.07) is 7.22. The Labute approximate surface area is 120 Å². The molecule has 4 heteroatoms. The van der Waals surface area contributed by atoms with Crippen molar-refractivity contribution in [1.29, 1.82) is 0 Å². The molecule has 4 nitrogen and oxygen atoms in total. The molecule has 0 radical (unpaired) electrons. The molecule has 1 aliphatic heterocycles. The van der Waals surface area contributed by atoms with Crippen molar-refractivity contribution in [3.63, 3.8) is 0 Å². The van der Waals surface area contributed by atoms with Crippen molar-refractivity contribution < 1.29 is 9.59 Å². The summed E-state index contributed by atoms with van der Waals surface area (Å²) in [6.07, 6.45) is 1.43. The topological polar surface area (TPSA) is 49.4 Å². The van der Waals surface area contributed by atoms with Gasteiger partial charge in [-0.2, -0.15) is 0 Å². The fourth-order valence-electron chi connectivity index (χ4n) is 2.49. The van der Waals surface area contributed by atoms with Crippen molar-refractivity contribution in [2.75, 3.05) is 13.6 Å². The highest BCUT2D eigenvalue weighted by molar-refractivity contribution is 5.99. The Bertz CT molecular complexity index is 511. The first-order chi connectivity index (χ1) is 9.50. The molecule has 108 valence electrons. The van der Waals surface area contributed by atoms with E-state index >= 15 is 0 Å². The molecule has 20 heavy (non-hydrogen) atoms. The van der Waals surface area contributed by atoms with E-state index in [1.165, 1.54) is 0 Å². The lowest BCUT2D eigenvalue weighted by molar-refractivity contribution is -0.125. The Morgan fingerprint density at radius 2 is 2.10 bits per heavy atom. The number of rotatable bonds is 3. The molecule has 1 aromatic carbocycles. The Balaban J connectivity index is 2.15. The van der Waals surface area contributed by atoms with Crippen LogP contribution in [-0.2, 0) is 11.2 Å². The number of nitrogens with one attached hydrogen (secondary N) is 1. The predicted octanol–water partition coefficient (Wildman–Crippen LogP) is 1.85. The molecular weight excluding hydrogens is 252 g/mol. The molecular formula is C16H22N2O2. The van der Waals surface area contributed by atoms with Crippen molar-refractivity contribution in [2.45, 2.75) is 32.7 Å². The van der Waals surface area contributed by atoms with Gasteiger partial charge in [-0.25, -0.2) is 0 Å². The second-order valence-corrected chi connectivity index (χ2v) is 5.77. The van der Waals surface area contributed by atoms with Gasteiger partial charge in [0.2, 0.25) is 5.91 Å².